The van der Waals surface area contributed by atoms with Crippen molar-refractivity contribution in [1.82, 2.24) is 0 Å². The molecule has 2 rings (SSSR count). The molecule has 110 valence electrons. The first-order valence-electron chi connectivity index (χ1n) is 6.80. The molecule has 1 amide bonds. The second-order valence-electron chi connectivity index (χ2n) is 5.26. The molecule has 0 bridgehead atoms. The molecule has 0 atom stereocenters. The molecule has 2 aromatic carbocycles. The lowest BCUT2D eigenvalue weighted by Crippen LogP contribution is -2.14. The fraction of sp³-hybridized carbons (Fsp3) is 0.235. The zero-order chi connectivity index (χ0) is 15.4. The van der Waals surface area contributed by atoms with Gasteiger partial charge in [0.1, 0.15) is 0 Å². The molecule has 0 spiro atoms. The van der Waals surface area contributed by atoms with Gasteiger partial charge in [0.15, 0.2) is 0 Å². The maximum absolute atomic E-state index is 12.3. The highest BCUT2D eigenvalue weighted by molar-refractivity contribution is 6.05. The molecule has 0 aliphatic heterocycles. The summed E-state index contributed by atoms with van der Waals surface area (Å²) in [5.74, 6) is -0.156. The molecule has 2 aromatic rings. The first kappa shape index (κ1) is 15.1. The Hall–Kier alpha value is -2.33. The first-order valence-corrected chi connectivity index (χ1v) is 6.80. The van der Waals surface area contributed by atoms with Gasteiger partial charge in [-0.3, -0.25) is 4.79 Å². The van der Waals surface area contributed by atoms with E-state index >= 15 is 0 Å². The number of hydrogen-bond donors (Lipinski definition) is 2. The van der Waals surface area contributed by atoms with E-state index in [0.717, 1.165) is 16.8 Å². The lowest BCUT2D eigenvalue weighted by atomic mass is 10.1. The molecule has 21 heavy (non-hydrogen) atoms. The third kappa shape index (κ3) is 3.83. The smallest absolute Gasteiger partial charge is 0.255 e. The Morgan fingerprint density at radius 1 is 1.19 bits per heavy atom. The number of nitrogens with zero attached hydrogens (tertiary/aromatic N) is 1. The minimum absolute atomic E-state index is 0.0427. The van der Waals surface area contributed by atoms with E-state index < -0.39 is 0 Å². The highest BCUT2D eigenvalue weighted by Crippen LogP contribution is 2.19. The van der Waals surface area contributed by atoms with E-state index in [1.807, 2.05) is 56.3 Å². The van der Waals surface area contributed by atoms with Crippen LogP contribution in [0.1, 0.15) is 21.5 Å². The summed E-state index contributed by atoms with van der Waals surface area (Å²) in [6.07, 6.45) is 0. The number of nitrogens with one attached hydrogen (secondary N) is 1. The summed E-state index contributed by atoms with van der Waals surface area (Å²) in [6, 6.07) is 12.9. The van der Waals surface area contributed by atoms with Gasteiger partial charge in [0.25, 0.3) is 5.91 Å². The summed E-state index contributed by atoms with van der Waals surface area (Å²) in [5.41, 5.74) is 4.10. The van der Waals surface area contributed by atoms with Crippen molar-refractivity contribution in [1.29, 1.82) is 0 Å². The van der Waals surface area contributed by atoms with Crippen molar-refractivity contribution >= 4 is 17.3 Å². The predicted octanol–water partition coefficient (Wildman–Crippen LogP) is 2.81. The van der Waals surface area contributed by atoms with Crippen molar-refractivity contribution in [2.24, 2.45) is 0 Å². The molecule has 0 aliphatic rings. The topological polar surface area (TPSA) is 52.6 Å². The van der Waals surface area contributed by atoms with Gasteiger partial charge in [0.05, 0.1) is 6.61 Å². The largest absolute Gasteiger partial charge is 0.392 e. The van der Waals surface area contributed by atoms with Gasteiger partial charge in [-0.1, -0.05) is 12.1 Å². The Kier molecular flexibility index (Phi) is 4.60. The lowest BCUT2D eigenvalue weighted by molar-refractivity contribution is 0.102. The Bertz CT molecular complexity index is 651. The monoisotopic (exact) mass is 284 g/mol. The van der Waals surface area contributed by atoms with E-state index in [-0.39, 0.29) is 12.5 Å². The second kappa shape index (κ2) is 6.41. The second-order valence-corrected chi connectivity index (χ2v) is 5.26. The molecule has 4 heteroatoms. The molecular formula is C17H20N2O2. The molecule has 4 nitrogen and oxygen atoms in total. The molecule has 0 aromatic heterocycles. The summed E-state index contributed by atoms with van der Waals surface area (Å²) in [4.78, 5) is 14.3. The molecule has 0 heterocycles. The lowest BCUT2D eigenvalue weighted by Gasteiger charge is -2.15. The SMILES string of the molecule is Cc1cc(C(=O)Nc2cccc(CO)c2)cc(N(C)C)c1. The average molecular weight is 284 g/mol. The van der Waals surface area contributed by atoms with Gasteiger partial charge in [-0.2, -0.15) is 0 Å². The molecule has 0 unspecified atom stereocenters. The highest BCUT2D eigenvalue weighted by atomic mass is 16.3. The van der Waals surface area contributed by atoms with Crippen molar-refractivity contribution in [2.75, 3.05) is 24.3 Å². The predicted molar refractivity (Wildman–Crippen MR) is 85.8 cm³/mol. The fourth-order valence-electron chi connectivity index (χ4n) is 2.10. The zero-order valence-corrected chi connectivity index (χ0v) is 12.6. The maximum Gasteiger partial charge on any atom is 0.255 e. The van der Waals surface area contributed by atoms with Crippen molar-refractivity contribution in [3.05, 3.63) is 59.2 Å². The molecule has 0 saturated carbocycles. The summed E-state index contributed by atoms with van der Waals surface area (Å²) in [7, 11) is 3.89. The van der Waals surface area contributed by atoms with Crippen LogP contribution < -0.4 is 10.2 Å². The van der Waals surface area contributed by atoms with Gasteiger partial charge in [0, 0.05) is 31.0 Å². The number of carbonyl (C=O) groups excluding carboxylic acids is 1. The van der Waals surface area contributed by atoms with Crippen LogP contribution in [-0.4, -0.2) is 25.1 Å². The van der Waals surface area contributed by atoms with E-state index in [9.17, 15) is 4.79 Å². The van der Waals surface area contributed by atoms with Crippen LogP contribution in [-0.2, 0) is 6.61 Å². The number of aliphatic hydroxyl groups excluding tert-OH is 1. The van der Waals surface area contributed by atoms with E-state index in [4.69, 9.17) is 5.11 Å². The summed E-state index contributed by atoms with van der Waals surface area (Å²) in [6.45, 7) is 1.93. The van der Waals surface area contributed by atoms with Gasteiger partial charge >= 0.3 is 0 Å². The number of rotatable bonds is 4. The number of anilines is 2. The van der Waals surface area contributed by atoms with Gasteiger partial charge in [-0.05, 0) is 48.4 Å². The third-order valence-corrected chi connectivity index (χ3v) is 3.21. The van der Waals surface area contributed by atoms with Gasteiger partial charge in [-0.15, -0.1) is 0 Å². The molecular weight excluding hydrogens is 264 g/mol. The number of carbonyl (C=O) groups is 1. The number of amides is 1. The first-order chi connectivity index (χ1) is 9.99. The normalized spacial score (nSPS) is 10.3. The zero-order valence-electron chi connectivity index (χ0n) is 12.6. The highest BCUT2D eigenvalue weighted by Gasteiger charge is 2.09. The molecule has 0 aliphatic carbocycles. The number of hydrogen-bond acceptors (Lipinski definition) is 3. The molecule has 0 saturated heterocycles. The van der Waals surface area contributed by atoms with Crippen molar-refractivity contribution in [3.8, 4) is 0 Å². The Labute approximate surface area is 125 Å². The molecule has 2 N–H and O–H groups in total. The van der Waals surface area contributed by atoms with Crippen molar-refractivity contribution < 1.29 is 9.90 Å². The maximum atomic E-state index is 12.3. The number of benzene rings is 2. The van der Waals surface area contributed by atoms with Crippen LogP contribution in [0.25, 0.3) is 0 Å². The average Bonchev–Trinajstić information content (AvgIpc) is 2.46. The Morgan fingerprint density at radius 2 is 1.95 bits per heavy atom. The van der Waals surface area contributed by atoms with Crippen LogP contribution in [0.2, 0.25) is 0 Å². The van der Waals surface area contributed by atoms with Gasteiger partial charge in [0.2, 0.25) is 0 Å². The standard InChI is InChI=1S/C17H20N2O2/c1-12-7-14(10-16(8-12)19(2)3)17(21)18-15-6-4-5-13(9-15)11-20/h4-10,20H,11H2,1-3H3,(H,18,21). The quantitative estimate of drug-likeness (QED) is 0.907. The molecule has 0 radical (unpaired) electrons. The summed E-state index contributed by atoms with van der Waals surface area (Å²) < 4.78 is 0. The van der Waals surface area contributed by atoms with E-state index in [0.29, 0.717) is 11.3 Å². The van der Waals surface area contributed by atoms with Crippen LogP contribution in [0.4, 0.5) is 11.4 Å². The molecule has 0 fully saturated rings. The minimum atomic E-state index is -0.156. The van der Waals surface area contributed by atoms with Gasteiger partial charge < -0.3 is 15.3 Å². The minimum Gasteiger partial charge on any atom is -0.392 e. The van der Waals surface area contributed by atoms with E-state index in [2.05, 4.69) is 5.32 Å². The van der Waals surface area contributed by atoms with E-state index in [1.54, 1.807) is 12.1 Å². The van der Waals surface area contributed by atoms with Crippen LogP contribution >= 0.6 is 0 Å². The summed E-state index contributed by atoms with van der Waals surface area (Å²) >= 11 is 0. The van der Waals surface area contributed by atoms with Crippen LogP contribution in [0.5, 0.6) is 0 Å². The van der Waals surface area contributed by atoms with Crippen molar-refractivity contribution in [2.45, 2.75) is 13.5 Å². The third-order valence-electron chi connectivity index (χ3n) is 3.21. The summed E-state index contributed by atoms with van der Waals surface area (Å²) in [5, 5.41) is 12.0. The Morgan fingerprint density at radius 3 is 2.62 bits per heavy atom. The number of aryl methyl sites for hydroxylation is 1. The van der Waals surface area contributed by atoms with Crippen LogP contribution in [0.3, 0.4) is 0 Å². The van der Waals surface area contributed by atoms with Crippen LogP contribution in [0, 0.1) is 6.92 Å². The fourth-order valence-corrected chi connectivity index (χ4v) is 2.10. The number of aliphatic hydroxyl groups is 1. The van der Waals surface area contributed by atoms with Crippen molar-refractivity contribution in [3.63, 3.8) is 0 Å². The van der Waals surface area contributed by atoms with E-state index in [1.165, 1.54) is 0 Å². The Balaban J connectivity index is 2.23. The van der Waals surface area contributed by atoms with Crippen LogP contribution in [0.15, 0.2) is 42.5 Å². The van der Waals surface area contributed by atoms with Gasteiger partial charge in [-0.25, -0.2) is 0 Å².